The molecule has 0 radical (unpaired) electrons. The second-order valence-electron chi connectivity index (χ2n) is 5.43. The summed E-state index contributed by atoms with van der Waals surface area (Å²) in [7, 11) is -3.15. The minimum atomic E-state index is -3.15. The molecule has 0 unspecified atom stereocenters. The molecule has 0 aliphatic carbocycles. The maximum atomic E-state index is 11.9. The summed E-state index contributed by atoms with van der Waals surface area (Å²) in [4.78, 5) is 0. The minimum absolute atomic E-state index is 0.170. The molecule has 5 heteroatoms. The molecule has 1 aliphatic heterocycles. The molecule has 0 amide bonds. The normalized spacial score (nSPS) is 17.2. The van der Waals surface area contributed by atoms with E-state index >= 15 is 0 Å². The van der Waals surface area contributed by atoms with Crippen molar-refractivity contribution in [1.29, 1.82) is 0 Å². The lowest BCUT2D eigenvalue weighted by atomic mass is 9.95. The number of benzene rings is 1. The molecule has 0 bridgehead atoms. The molecule has 2 rings (SSSR count). The zero-order valence-corrected chi connectivity index (χ0v) is 12.7. The Bertz CT molecular complexity index is 482. The Morgan fingerprint density at radius 3 is 2.55 bits per heavy atom. The zero-order chi connectivity index (χ0) is 14.3. The van der Waals surface area contributed by atoms with Gasteiger partial charge in [0.1, 0.15) is 0 Å². The van der Waals surface area contributed by atoms with Crippen LogP contribution in [0.25, 0.3) is 0 Å². The first kappa shape index (κ1) is 15.5. The molecule has 0 saturated carbocycles. The summed E-state index contributed by atoms with van der Waals surface area (Å²) < 4.78 is 26.6. The average molecular weight is 296 g/mol. The predicted octanol–water partition coefficient (Wildman–Crippen LogP) is 1.54. The van der Waals surface area contributed by atoms with Crippen molar-refractivity contribution >= 4 is 10.0 Å². The van der Waals surface area contributed by atoms with E-state index in [-0.39, 0.29) is 5.75 Å². The molecular formula is C15H24N2O2S. The molecule has 4 nitrogen and oxygen atoms in total. The standard InChI is InChI=1S/C15H24N2O2S/c18-20(19,13-9-14-4-2-1-3-5-14)17-12-8-15-6-10-16-11-7-15/h1-5,15-17H,6-13H2. The van der Waals surface area contributed by atoms with Crippen molar-refractivity contribution in [3.63, 3.8) is 0 Å². The molecule has 0 aromatic heterocycles. The summed E-state index contributed by atoms with van der Waals surface area (Å²) in [5.41, 5.74) is 1.07. The molecule has 1 fully saturated rings. The summed E-state index contributed by atoms with van der Waals surface area (Å²) >= 11 is 0. The van der Waals surface area contributed by atoms with E-state index in [4.69, 9.17) is 0 Å². The van der Waals surface area contributed by atoms with Crippen LogP contribution in [0.5, 0.6) is 0 Å². The zero-order valence-electron chi connectivity index (χ0n) is 11.8. The lowest BCUT2D eigenvalue weighted by Crippen LogP contribution is -2.32. The second kappa shape index (κ2) is 7.76. The van der Waals surface area contributed by atoms with E-state index in [9.17, 15) is 8.42 Å². The lowest BCUT2D eigenvalue weighted by molar-refractivity contribution is 0.354. The molecule has 2 N–H and O–H groups in total. The van der Waals surface area contributed by atoms with Crippen molar-refractivity contribution < 1.29 is 8.42 Å². The fourth-order valence-corrected chi connectivity index (χ4v) is 3.64. The van der Waals surface area contributed by atoms with E-state index < -0.39 is 10.0 Å². The van der Waals surface area contributed by atoms with Crippen LogP contribution in [0.3, 0.4) is 0 Å². The van der Waals surface area contributed by atoms with Gasteiger partial charge in [-0.3, -0.25) is 0 Å². The molecule has 1 aromatic rings. The molecule has 112 valence electrons. The van der Waals surface area contributed by atoms with Gasteiger partial charge in [0, 0.05) is 6.54 Å². The number of piperidine rings is 1. The van der Waals surface area contributed by atoms with Gasteiger partial charge in [0.05, 0.1) is 5.75 Å². The van der Waals surface area contributed by atoms with Gasteiger partial charge in [0.2, 0.25) is 10.0 Å². The van der Waals surface area contributed by atoms with Gasteiger partial charge in [-0.15, -0.1) is 0 Å². The Morgan fingerprint density at radius 2 is 1.85 bits per heavy atom. The van der Waals surface area contributed by atoms with Gasteiger partial charge in [-0.2, -0.15) is 0 Å². The van der Waals surface area contributed by atoms with Crippen LogP contribution in [0, 0.1) is 5.92 Å². The van der Waals surface area contributed by atoms with Gasteiger partial charge < -0.3 is 5.32 Å². The van der Waals surface area contributed by atoms with E-state index in [1.165, 1.54) is 0 Å². The first-order valence-corrected chi connectivity index (χ1v) is 9.03. The first-order valence-electron chi connectivity index (χ1n) is 7.38. The Hall–Kier alpha value is -0.910. The van der Waals surface area contributed by atoms with Crippen molar-refractivity contribution in [2.45, 2.75) is 25.7 Å². The van der Waals surface area contributed by atoms with Gasteiger partial charge >= 0.3 is 0 Å². The third kappa shape index (κ3) is 5.61. The molecular weight excluding hydrogens is 272 g/mol. The Balaban J connectivity index is 1.68. The Labute approximate surface area is 122 Å². The number of hydrogen-bond acceptors (Lipinski definition) is 3. The fraction of sp³-hybridized carbons (Fsp3) is 0.600. The molecule has 1 heterocycles. The van der Waals surface area contributed by atoms with Gasteiger partial charge in [-0.05, 0) is 50.3 Å². The van der Waals surface area contributed by atoms with Crippen LogP contribution < -0.4 is 10.0 Å². The average Bonchev–Trinajstić information content (AvgIpc) is 2.47. The molecule has 1 aromatic carbocycles. The Morgan fingerprint density at radius 1 is 1.15 bits per heavy atom. The van der Waals surface area contributed by atoms with Crippen molar-refractivity contribution in [2.75, 3.05) is 25.4 Å². The van der Waals surface area contributed by atoms with Crippen LogP contribution in [-0.4, -0.2) is 33.8 Å². The Kier molecular flexibility index (Phi) is 6.01. The van der Waals surface area contributed by atoms with E-state index in [2.05, 4.69) is 10.0 Å². The van der Waals surface area contributed by atoms with Crippen molar-refractivity contribution in [2.24, 2.45) is 5.92 Å². The summed E-state index contributed by atoms with van der Waals surface area (Å²) in [6.45, 7) is 2.69. The summed E-state index contributed by atoms with van der Waals surface area (Å²) in [6, 6.07) is 9.74. The molecule has 20 heavy (non-hydrogen) atoms. The van der Waals surface area contributed by atoms with Crippen LogP contribution in [0.4, 0.5) is 0 Å². The van der Waals surface area contributed by atoms with E-state index in [0.717, 1.165) is 37.9 Å². The monoisotopic (exact) mass is 296 g/mol. The topological polar surface area (TPSA) is 58.2 Å². The van der Waals surface area contributed by atoms with E-state index in [1.807, 2.05) is 30.3 Å². The van der Waals surface area contributed by atoms with Crippen LogP contribution in [-0.2, 0) is 16.4 Å². The van der Waals surface area contributed by atoms with E-state index in [1.54, 1.807) is 0 Å². The third-order valence-corrected chi connectivity index (χ3v) is 5.22. The van der Waals surface area contributed by atoms with Crippen LogP contribution in [0.15, 0.2) is 30.3 Å². The molecule has 1 aliphatic rings. The summed E-state index contributed by atoms with van der Waals surface area (Å²) in [6.07, 6.45) is 3.84. The highest BCUT2D eigenvalue weighted by atomic mass is 32.2. The largest absolute Gasteiger partial charge is 0.317 e. The van der Waals surface area contributed by atoms with Crippen molar-refractivity contribution in [3.8, 4) is 0 Å². The smallest absolute Gasteiger partial charge is 0.211 e. The maximum absolute atomic E-state index is 11.9. The minimum Gasteiger partial charge on any atom is -0.317 e. The lowest BCUT2D eigenvalue weighted by Gasteiger charge is -2.22. The highest BCUT2D eigenvalue weighted by Gasteiger charge is 2.15. The molecule has 0 spiro atoms. The SMILES string of the molecule is O=S(=O)(CCc1ccccc1)NCCC1CCNCC1. The molecule has 0 atom stereocenters. The fourth-order valence-electron chi connectivity index (χ4n) is 2.56. The number of rotatable bonds is 7. The number of aryl methyl sites for hydroxylation is 1. The van der Waals surface area contributed by atoms with Gasteiger partial charge in [0.15, 0.2) is 0 Å². The first-order chi connectivity index (χ1) is 9.66. The van der Waals surface area contributed by atoms with Gasteiger partial charge in [-0.25, -0.2) is 13.1 Å². The number of sulfonamides is 1. The van der Waals surface area contributed by atoms with Gasteiger partial charge in [-0.1, -0.05) is 30.3 Å². The van der Waals surface area contributed by atoms with Gasteiger partial charge in [0.25, 0.3) is 0 Å². The summed E-state index contributed by atoms with van der Waals surface area (Å²) in [5, 5.41) is 3.32. The predicted molar refractivity (Wildman–Crippen MR) is 82.1 cm³/mol. The quantitative estimate of drug-likeness (QED) is 0.802. The second-order valence-corrected chi connectivity index (χ2v) is 7.36. The number of hydrogen-bond donors (Lipinski definition) is 2. The van der Waals surface area contributed by atoms with Crippen molar-refractivity contribution in [3.05, 3.63) is 35.9 Å². The van der Waals surface area contributed by atoms with Crippen LogP contribution in [0.1, 0.15) is 24.8 Å². The third-order valence-electron chi connectivity index (χ3n) is 3.84. The van der Waals surface area contributed by atoms with Crippen LogP contribution >= 0.6 is 0 Å². The van der Waals surface area contributed by atoms with E-state index in [0.29, 0.717) is 18.9 Å². The highest BCUT2D eigenvalue weighted by Crippen LogP contribution is 2.14. The maximum Gasteiger partial charge on any atom is 0.211 e. The highest BCUT2D eigenvalue weighted by molar-refractivity contribution is 7.89. The van der Waals surface area contributed by atoms with Crippen LogP contribution in [0.2, 0.25) is 0 Å². The van der Waals surface area contributed by atoms with Crippen molar-refractivity contribution in [1.82, 2.24) is 10.0 Å². The number of nitrogens with one attached hydrogen (secondary N) is 2. The molecule has 1 saturated heterocycles. The summed E-state index contributed by atoms with van der Waals surface area (Å²) in [5.74, 6) is 0.830.